The molecule has 1 amide bonds. The number of aliphatic hydroxyl groups is 1. The number of alkyl halides is 3. The standard InChI is InChI=1S/C25H19F3N2O4/c1-34-19-7-5-16(6-8-19)21-20(22(31)17-9-11-29-12-10-17)23(32)24(33)30(21)14-15-3-2-4-18(13-15)25(26,27)28/h2-13,21,31H,14H2,1H3/b22-20+. The van der Waals surface area contributed by atoms with E-state index in [-0.39, 0.29) is 23.2 Å². The van der Waals surface area contributed by atoms with Crippen LogP contribution in [0.15, 0.2) is 78.6 Å². The summed E-state index contributed by atoms with van der Waals surface area (Å²) >= 11 is 0. The molecule has 1 aliphatic heterocycles. The van der Waals surface area contributed by atoms with Gasteiger partial charge in [-0.2, -0.15) is 13.2 Å². The number of rotatable bonds is 5. The van der Waals surface area contributed by atoms with Gasteiger partial charge in [-0.3, -0.25) is 14.6 Å². The second kappa shape index (κ2) is 9.01. The summed E-state index contributed by atoms with van der Waals surface area (Å²) in [5.74, 6) is -1.71. The van der Waals surface area contributed by atoms with E-state index in [1.807, 2.05) is 0 Å². The number of carbonyl (C=O) groups is 2. The molecule has 2 aromatic carbocycles. The highest BCUT2D eigenvalue weighted by Gasteiger charge is 2.46. The molecule has 0 spiro atoms. The Balaban J connectivity index is 1.83. The van der Waals surface area contributed by atoms with Crippen LogP contribution in [-0.2, 0) is 22.3 Å². The fourth-order valence-corrected chi connectivity index (χ4v) is 3.88. The third kappa shape index (κ3) is 4.36. The van der Waals surface area contributed by atoms with Crippen molar-refractivity contribution in [1.82, 2.24) is 9.88 Å². The van der Waals surface area contributed by atoms with Gasteiger partial charge in [-0.05, 0) is 47.5 Å². The van der Waals surface area contributed by atoms with Gasteiger partial charge in [-0.25, -0.2) is 0 Å². The number of benzene rings is 2. The van der Waals surface area contributed by atoms with E-state index in [9.17, 15) is 27.9 Å². The smallest absolute Gasteiger partial charge is 0.416 e. The van der Waals surface area contributed by atoms with E-state index in [1.165, 1.54) is 43.8 Å². The van der Waals surface area contributed by atoms with E-state index in [0.29, 0.717) is 11.3 Å². The minimum absolute atomic E-state index is 0.159. The van der Waals surface area contributed by atoms with Crippen LogP contribution in [0.1, 0.15) is 28.3 Å². The molecule has 3 aromatic rings. The number of ether oxygens (including phenoxy) is 1. The highest BCUT2D eigenvalue weighted by Crippen LogP contribution is 2.41. The molecule has 1 unspecified atom stereocenters. The number of hydrogen-bond donors (Lipinski definition) is 1. The third-order valence-corrected chi connectivity index (χ3v) is 5.53. The molecule has 1 atom stereocenters. The van der Waals surface area contributed by atoms with Crippen LogP contribution in [0.25, 0.3) is 5.76 Å². The number of ketones is 1. The summed E-state index contributed by atoms with van der Waals surface area (Å²) in [6.07, 6.45) is -1.70. The SMILES string of the molecule is COc1ccc(C2/C(=C(\O)c3ccncc3)C(=O)C(=O)N2Cc2cccc(C(F)(F)F)c2)cc1. The second-order valence-corrected chi connectivity index (χ2v) is 7.63. The van der Waals surface area contributed by atoms with Crippen LogP contribution in [-0.4, -0.2) is 33.8 Å². The van der Waals surface area contributed by atoms with Gasteiger partial charge in [0.05, 0.1) is 24.3 Å². The highest BCUT2D eigenvalue weighted by molar-refractivity contribution is 6.46. The third-order valence-electron chi connectivity index (χ3n) is 5.53. The number of amides is 1. The highest BCUT2D eigenvalue weighted by atomic mass is 19.4. The molecule has 0 aliphatic carbocycles. The van der Waals surface area contributed by atoms with Crippen molar-refractivity contribution in [2.45, 2.75) is 18.8 Å². The zero-order chi connectivity index (χ0) is 24.5. The van der Waals surface area contributed by atoms with E-state index >= 15 is 0 Å². The van der Waals surface area contributed by atoms with Crippen LogP contribution in [0.4, 0.5) is 13.2 Å². The van der Waals surface area contributed by atoms with Crippen molar-refractivity contribution in [3.05, 3.63) is 101 Å². The van der Waals surface area contributed by atoms with Gasteiger partial charge in [0.1, 0.15) is 11.5 Å². The number of hydrogen-bond acceptors (Lipinski definition) is 5. The molecule has 0 radical (unpaired) electrons. The average Bonchev–Trinajstić information content (AvgIpc) is 3.09. The van der Waals surface area contributed by atoms with Crippen molar-refractivity contribution in [2.24, 2.45) is 0 Å². The average molecular weight is 468 g/mol. The molecule has 1 aromatic heterocycles. The topological polar surface area (TPSA) is 79.7 Å². The zero-order valence-corrected chi connectivity index (χ0v) is 17.9. The quantitative estimate of drug-likeness (QED) is 0.333. The largest absolute Gasteiger partial charge is 0.507 e. The maximum Gasteiger partial charge on any atom is 0.416 e. The molecule has 2 heterocycles. The Kier molecular flexibility index (Phi) is 6.10. The molecule has 1 fully saturated rings. The van der Waals surface area contributed by atoms with E-state index in [0.717, 1.165) is 17.0 Å². The lowest BCUT2D eigenvalue weighted by atomic mass is 9.95. The number of methoxy groups -OCH3 is 1. The van der Waals surface area contributed by atoms with Gasteiger partial charge in [-0.1, -0.05) is 24.3 Å². The van der Waals surface area contributed by atoms with E-state index in [4.69, 9.17) is 4.74 Å². The summed E-state index contributed by atoms with van der Waals surface area (Å²) in [6.45, 7) is -0.266. The Morgan fingerprint density at radius 2 is 1.74 bits per heavy atom. The van der Waals surface area contributed by atoms with Crippen LogP contribution >= 0.6 is 0 Å². The summed E-state index contributed by atoms with van der Waals surface area (Å²) in [5, 5.41) is 11.0. The number of halogens is 3. The van der Waals surface area contributed by atoms with Gasteiger partial charge in [0.2, 0.25) is 0 Å². The zero-order valence-electron chi connectivity index (χ0n) is 17.9. The van der Waals surface area contributed by atoms with Gasteiger partial charge in [0, 0.05) is 24.5 Å². The van der Waals surface area contributed by atoms with Crippen molar-refractivity contribution in [3.8, 4) is 5.75 Å². The van der Waals surface area contributed by atoms with Gasteiger partial charge >= 0.3 is 6.18 Å². The molecule has 1 aliphatic rings. The number of likely N-dealkylation sites (tertiary alicyclic amines) is 1. The predicted octanol–water partition coefficient (Wildman–Crippen LogP) is 4.73. The second-order valence-electron chi connectivity index (χ2n) is 7.63. The number of nitrogens with zero attached hydrogens (tertiary/aromatic N) is 2. The molecule has 0 saturated carbocycles. The number of pyridine rings is 1. The van der Waals surface area contributed by atoms with Crippen molar-refractivity contribution >= 4 is 17.4 Å². The monoisotopic (exact) mass is 468 g/mol. The lowest BCUT2D eigenvalue weighted by Gasteiger charge is -2.26. The van der Waals surface area contributed by atoms with Crippen molar-refractivity contribution in [2.75, 3.05) is 7.11 Å². The number of aliphatic hydroxyl groups excluding tert-OH is 1. The van der Waals surface area contributed by atoms with Crippen LogP contribution in [0.2, 0.25) is 0 Å². The van der Waals surface area contributed by atoms with E-state index in [2.05, 4.69) is 4.98 Å². The van der Waals surface area contributed by atoms with Crippen LogP contribution in [0.5, 0.6) is 5.75 Å². The fraction of sp³-hybridized carbons (Fsp3) is 0.160. The molecule has 9 heteroatoms. The first-order valence-corrected chi connectivity index (χ1v) is 10.2. The van der Waals surface area contributed by atoms with Gasteiger partial charge in [-0.15, -0.1) is 0 Å². The Hall–Kier alpha value is -4.14. The molecule has 174 valence electrons. The first kappa shape index (κ1) is 23.0. The number of aromatic nitrogens is 1. The molecule has 4 rings (SSSR count). The Labute approximate surface area is 192 Å². The van der Waals surface area contributed by atoms with Gasteiger partial charge < -0.3 is 14.7 Å². The summed E-state index contributed by atoms with van der Waals surface area (Å²) in [4.78, 5) is 31.1. The number of carbonyl (C=O) groups excluding carboxylic acids is 2. The lowest BCUT2D eigenvalue weighted by Crippen LogP contribution is -2.29. The summed E-state index contributed by atoms with van der Waals surface area (Å²) in [6, 6.07) is 13.0. The molecule has 0 bridgehead atoms. The van der Waals surface area contributed by atoms with Crippen LogP contribution in [0.3, 0.4) is 0 Å². The van der Waals surface area contributed by atoms with E-state index < -0.39 is 35.2 Å². The van der Waals surface area contributed by atoms with Gasteiger partial charge in [0.25, 0.3) is 11.7 Å². The minimum atomic E-state index is -4.55. The maximum atomic E-state index is 13.2. The predicted molar refractivity (Wildman–Crippen MR) is 117 cm³/mol. The van der Waals surface area contributed by atoms with E-state index in [1.54, 1.807) is 24.3 Å². The lowest BCUT2D eigenvalue weighted by molar-refractivity contribution is -0.140. The minimum Gasteiger partial charge on any atom is -0.507 e. The Morgan fingerprint density at radius 1 is 1.06 bits per heavy atom. The van der Waals surface area contributed by atoms with Crippen molar-refractivity contribution in [1.29, 1.82) is 0 Å². The molecular weight excluding hydrogens is 449 g/mol. The number of Topliss-reactive ketones (excluding diaryl/α,β-unsaturated/α-hetero) is 1. The first-order chi connectivity index (χ1) is 16.2. The fourth-order valence-electron chi connectivity index (χ4n) is 3.88. The van der Waals surface area contributed by atoms with Crippen molar-refractivity contribution in [3.63, 3.8) is 0 Å². The molecule has 6 nitrogen and oxygen atoms in total. The molecular formula is C25H19F3N2O4. The molecule has 1 saturated heterocycles. The first-order valence-electron chi connectivity index (χ1n) is 10.2. The summed E-state index contributed by atoms with van der Waals surface area (Å²) < 4.78 is 44.8. The Morgan fingerprint density at radius 3 is 2.35 bits per heavy atom. The van der Waals surface area contributed by atoms with Crippen molar-refractivity contribution < 1.29 is 32.6 Å². The van der Waals surface area contributed by atoms with Gasteiger partial charge in [0.15, 0.2) is 0 Å². The summed E-state index contributed by atoms with van der Waals surface area (Å²) in [7, 11) is 1.48. The normalized spacial score (nSPS) is 17.8. The Bertz CT molecular complexity index is 1260. The summed E-state index contributed by atoms with van der Waals surface area (Å²) in [5.41, 5.74) is -0.0555. The van der Waals surface area contributed by atoms with Crippen LogP contribution < -0.4 is 4.74 Å². The molecule has 34 heavy (non-hydrogen) atoms. The van der Waals surface area contributed by atoms with Crippen LogP contribution in [0, 0.1) is 0 Å². The molecule has 1 N–H and O–H groups in total. The maximum absolute atomic E-state index is 13.2.